The van der Waals surface area contributed by atoms with Crippen molar-refractivity contribution in [1.82, 2.24) is 9.78 Å². The zero-order chi connectivity index (χ0) is 22.5. The Bertz CT molecular complexity index is 1240. The molecule has 1 heterocycles. The van der Waals surface area contributed by atoms with Gasteiger partial charge in [0, 0.05) is 16.8 Å². The summed E-state index contributed by atoms with van der Waals surface area (Å²) in [6, 6.07) is 18.3. The molecule has 0 atom stereocenters. The lowest BCUT2D eigenvalue weighted by Gasteiger charge is -2.09. The van der Waals surface area contributed by atoms with Crippen LogP contribution >= 0.6 is 23.2 Å². The second kappa shape index (κ2) is 9.85. The van der Waals surface area contributed by atoms with Gasteiger partial charge in [0.05, 0.1) is 23.5 Å². The largest absolute Gasteiger partial charge is 0.487 e. The number of carbonyl (C=O) groups excluding carboxylic acids is 1. The van der Waals surface area contributed by atoms with Gasteiger partial charge >= 0.3 is 0 Å². The van der Waals surface area contributed by atoms with Gasteiger partial charge in [-0.15, -0.1) is 0 Å². The van der Waals surface area contributed by atoms with E-state index in [1.54, 1.807) is 65.6 Å². The van der Waals surface area contributed by atoms with E-state index in [0.29, 0.717) is 33.6 Å². The number of anilines is 1. The van der Waals surface area contributed by atoms with E-state index in [0.717, 1.165) is 11.1 Å². The van der Waals surface area contributed by atoms with Crippen LogP contribution in [0.15, 0.2) is 79.1 Å². The van der Waals surface area contributed by atoms with Gasteiger partial charge in [-0.2, -0.15) is 5.10 Å². The number of aromatic nitrogens is 2. The molecule has 1 aromatic heterocycles. The summed E-state index contributed by atoms with van der Waals surface area (Å²) < 4.78 is 20.4. The van der Waals surface area contributed by atoms with E-state index in [-0.39, 0.29) is 18.3 Å². The number of ether oxygens (including phenoxy) is 1. The Morgan fingerprint density at radius 2 is 1.84 bits per heavy atom. The predicted molar refractivity (Wildman–Crippen MR) is 123 cm³/mol. The second-order valence-corrected chi connectivity index (χ2v) is 7.91. The van der Waals surface area contributed by atoms with Crippen molar-refractivity contribution in [2.45, 2.75) is 13.2 Å². The lowest BCUT2D eigenvalue weighted by Crippen LogP contribution is -2.12. The normalized spacial score (nSPS) is 10.7. The number of amides is 1. The first-order chi connectivity index (χ1) is 15.5. The average Bonchev–Trinajstić information content (AvgIpc) is 3.21. The van der Waals surface area contributed by atoms with Crippen LogP contribution in [-0.4, -0.2) is 15.7 Å². The Balaban J connectivity index is 1.37. The molecule has 0 fully saturated rings. The zero-order valence-electron chi connectivity index (χ0n) is 16.8. The van der Waals surface area contributed by atoms with Crippen molar-refractivity contribution in [1.29, 1.82) is 0 Å². The number of nitrogens with zero attached hydrogens (tertiary/aromatic N) is 2. The van der Waals surface area contributed by atoms with Crippen LogP contribution in [-0.2, 0) is 13.2 Å². The SMILES string of the molecule is O=C(Nc1cnn(Cc2ccc(F)cc2)c1)c1cccc(COc2ccc(Cl)cc2Cl)c1. The van der Waals surface area contributed by atoms with E-state index in [4.69, 9.17) is 27.9 Å². The second-order valence-electron chi connectivity index (χ2n) is 7.07. The summed E-state index contributed by atoms with van der Waals surface area (Å²) in [6.07, 6.45) is 3.29. The van der Waals surface area contributed by atoms with Gasteiger partial charge < -0.3 is 10.1 Å². The van der Waals surface area contributed by atoms with Gasteiger partial charge in [0.15, 0.2) is 0 Å². The summed E-state index contributed by atoms with van der Waals surface area (Å²) in [4.78, 5) is 12.7. The summed E-state index contributed by atoms with van der Waals surface area (Å²) >= 11 is 12.0. The molecule has 32 heavy (non-hydrogen) atoms. The van der Waals surface area contributed by atoms with Crippen LogP contribution in [0, 0.1) is 5.82 Å². The van der Waals surface area contributed by atoms with Crippen molar-refractivity contribution in [2.75, 3.05) is 5.32 Å². The summed E-state index contributed by atoms with van der Waals surface area (Å²) in [7, 11) is 0. The van der Waals surface area contributed by atoms with Crippen molar-refractivity contribution >= 4 is 34.8 Å². The molecular weight excluding hydrogens is 452 g/mol. The summed E-state index contributed by atoms with van der Waals surface area (Å²) in [6.45, 7) is 0.717. The number of hydrogen-bond acceptors (Lipinski definition) is 3. The maximum absolute atomic E-state index is 13.0. The Labute approximate surface area is 194 Å². The fourth-order valence-corrected chi connectivity index (χ4v) is 3.51. The lowest BCUT2D eigenvalue weighted by molar-refractivity contribution is 0.102. The lowest BCUT2D eigenvalue weighted by atomic mass is 10.1. The number of rotatable bonds is 7. The maximum atomic E-state index is 13.0. The van der Waals surface area contributed by atoms with Gasteiger partial charge in [-0.05, 0) is 53.6 Å². The molecule has 0 aliphatic heterocycles. The minimum atomic E-state index is -0.286. The van der Waals surface area contributed by atoms with Crippen molar-refractivity contribution < 1.29 is 13.9 Å². The number of halogens is 3. The van der Waals surface area contributed by atoms with E-state index in [1.165, 1.54) is 12.1 Å². The molecule has 1 N–H and O–H groups in total. The van der Waals surface area contributed by atoms with E-state index >= 15 is 0 Å². The molecule has 1 amide bonds. The van der Waals surface area contributed by atoms with Crippen molar-refractivity contribution in [3.05, 3.63) is 112 Å². The van der Waals surface area contributed by atoms with E-state index in [1.807, 2.05) is 6.07 Å². The monoisotopic (exact) mass is 469 g/mol. The minimum Gasteiger partial charge on any atom is -0.487 e. The quantitative estimate of drug-likeness (QED) is 0.350. The molecule has 0 bridgehead atoms. The highest BCUT2D eigenvalue weighted by Gasteiger charge is 2.10. The van der Waals surface area contributed by atoms with Gasteiger partial charge in [-0.1, -0.05) is 47.5 Å². The van der Waals surface area contributed by atoms with Gasteiger partial charge in [-0.25, -0.2) is 4.39 Å². The zero-order valence-corrected chi connectivity index (χ0v) is 18.3. The van der Waals surface area contributed by atoms with Crippen molar-refractivity contribution in [2.24, 2.45) is 0 Å². The molecule has 0 aliphatic carbocycles. The first-order valence-electron chi connectivity index (χ1n) is 9.71. The molecule has 3 aromatic carbocycles. The number of carbonyl (C=O) groups is 1. The average molecular weight is 470 g/mol. The Morgan fingerprint density at radius 1 is 1.03 bits per heavy atom. The molecule has 0 aliphatic rings. The minimum absolute atomic E-state index is 0.248. The standard InChI is InChI=1S/C24H18Cl2FN3O2/c25-19-6-9-23(22(26)11-19)32-15-17-2-1-3-18(10-17)24(31)29-21-12-28-30(14-21)13-16-4-7-20(27)8-5-16/h1-12,14H,13,15H2,(H,29,31). The van der Waals surface area contributed by atoms with Gasteiger partial charge in [0.25, 0.3) is 5.91 Å². The molecule has 0 spiro atoms. The molecule has 8 heteroatoms. The molecule has 0 radical (unpaired) electrons. The summed E-state index contributed by atoms with van der Waals surface area (Å²) in [5.74, 6) is -0.0386. The van der Waals surface area contributed by atoms with Crippen LogP contribution in [0.2, 0.25) is 10.0 Å². The van der Waals surface area contributed by atoms with E-state index < -0.39 is 0 Å². The van der Waals surface area contributed by atoms with E-state index in [2.05, 4.69) is 10.4 Å². The Morgan fingerprint density at radius 3 is 2.62 bits per heavy atom. The highest BCUT2D eigenvalue weighted by Crippen LogP contribution is 2.28. The third-order valence-corrected chi connectivity index (χ3v) is 5.16. The Hall–Kier alpha value is -3.35. The van der Waals surface area contributed by atoms with Crippen LogP contribution in [0.25, 0.3) is 0 Å². The summed E-state index contributed by atoms with van der Waals surface area (Å²) in [5, 5.41) is 8.02. The summed E-state index contributed by atoms with van der Waals surface area (Å²) in [5.41, 5.74) is 2.77. The molecule has 5 nitrogen and oxygen atoms in total. The first-order valence-corrected chi connectivity index (χ1v) is 10.5. The van der Waals surface area contributed by atoms with Gasteiger partial charge in [0.2, 0.25) is 0 Å². The van der Waals surface area contributed by atoms with Gasteiger partial charge in [0.1, 0.15) is 18.2 Å². The van der Waals surface area contributed by atoms with Crippen molar-refractivity contribution in [3.63, 3.8) is 0 Å². The van der Waals surface area contributed by atoms with Crippen LogP contribution in [0.1, 0.15) is 21.5 Å². The van der Waals surface area contributed by atoms with Crippen molar-refractivity contribution in [3.8, 4) is 5.75 Å². The van der Waals surface area contributed by atoms with Crippen LogP contribution in [0.4, 0.5) is 10.1 Å². The topological polar surface area (TPSA) is 56.2 Å². The smallest absolute Gasteiger partial charge is 0.255 e. The molecule has 162 valence electrons. The maximum Gasteiger partial charge on any atom is 0.255 e. The molecule has 0 saturated heterocycles. The number of hydrogen-bond donors (Lipinski definition) is 1. The molecular formula is C24H18Cl2FN3O2. The van der Waals surface area contributed by atoms with Gasteiger partial charge in [-0.3, -0.25) is 9.48 Å². The molecule has 0 saturated carbocycles. The fraction of sp³-hybridized carbons (Fsp3) is 0.0833. The van der Waals surface area contributed by atoms with Crippen LogP contribution in [0.5, 0.6) is 5.75 Å². The molecule has 4 rings (SSSR count). The van der Waals surface area contributed by atoms with Crippen LogP contribution < -0.4 is 10.1 Å². The number of nitrogens with one attached hydrogen (secondary N) is 1. The Kier molecular flexibility index (Phi) is 6.73. The first kappa shape index (κ1) is 21.9. The highest BCUT2D eigenvalue weighted by molar-refractivity contribution is 6.35. The molecule has 0 unspecified atom stereocenters. The third-order valence-electron chi connectivity index (χ3n) is 4.63. The van der Waals surface area contributed by atoms with Crippen LogP contribution in [0.3, 0.4) is 0 Å². The van der Waals surface area contributed by atoms with E-state index in [9.17, 15) is 9.18 Å². The molecule has 4 aromatic rings. The highest BCUT2D eigenvalue weighted by atomic mass is 35.5. The predicted octanol–water partition coefficient (Wildman–Crippen LogP) is 6.21. The third kappa shape index (κ3) is 5.66. The number of benzene rings is 3. The fourth-order valence-electron chi connectivity index (χ4n) is 3.05.